The van der Waals surface area contributed by atoms with Gasteiger partial charge in [-0.25, -0.2) is 4.39 Å². The molecule has 1 fully saturated rings. The van der Waals surface area contributed by atoms with Gasteiger partial charge in [-0.3, -0.25) is 9.69 Å². The maximum absolute atomic E-state index is 12.9. The van der Waals surface area contributed by atoms with Gasteiger partial charge in [0, 0.05) is 49.3 Å². The van der Waals surface area contributed by atoms with Crippen molar-refractivity contribution in [2.24, 2.45) is 0 Å². The van der Waals surface area contributed by atoms with E-state index in [1.807, 2.05) is 17.9 Å². The Morgan fingerprint density at radius 2 is 1.96 bits per heavy atom. The fourth-order valence-electron chi connectivity index (χ4n) is 2.81. The molecule has 0 spiro atoms. The highest BCUT2D eigenvalue weighted by molar-refractivity contribution is 7.99. The Labute approximate surface area is 151 Å². The molecule has 7 heteroatoms. The van der Waals surface area contributed by atoms with Crippen LogP contribution in [0.1, 0.15) is 17.9 Å². The number of carbonyl (C=O) groups is 1. The first-order chi connectivity index (χ1) is 12.1. The molecule has 1 aliphatic rings. The second kappa shape index (κ2) is 8.49. The lowest BCUT2D eigenvalue weighted by Crippen LogP contribution is -2.48. The first-order valence-electron chi connectivity index (χ1n) is 8.41. The summed E-state index contributed by atoms with van der Waals surface area (Å²) in [6, 6.07) is 8.33. The molecule has 134 valence electrons. The topological polar surface area (TPSA) is 49.6 Å². The lowest BCUT2D eigenvalue weighted by atomic mass is 10.2. The maximum Gasteiger partial charge on any atom is 0.223 e. The summed E-state index contributed by atoms with van der Waals surface area (Å²) >= 11 is 1.58. The number of nitrogens with zero attached hydrogens (tertiary/aromatic N) is 3. The molecule has 0 radical (unpaired) electrons. The van der Waals surface area contributed by atoms with E-state index in [1.54, 1.807) is 23.9 Å². The summed E-state index contributed by atoms with van der Waals surface area (Å²) in [6.07, 6.45) is 0.503. The summed E-state index contributed by atoms with van der Waals surface area (Å²) in [5, 5.41) is 3.90. The highest BCUT2D eigenvalue weighted by atomic mass is 32.2. The zero-order valence-electron chi connectivity index (χ0n) is 14.3. The average Bonchev–Trinajstić information content (AvgIpc) is 3.02. The molecule has 1 saturated heterocycles. The molecule has 1 aromatic heterocycles. The summed E-state index contributed by atoms with van der Waals surface area (Å²) in [7, 11) is 0. The summed E-state index contributed by atoms with van der Waals surface area (Å²) in [5.74, 6) is 1.53. The van der Waals surface area contributed by atoms with Gasteiger partial charge in [-0.1, -0.05) is 5.16 Å². The van der Waals surface area contributed by atoms with E-state index in [0.717, 1.165) is 49.1 Å². The van der Waals surface area contributed by atoms with Gasteiger partial charge < -0.3 is 9.42 Å². The predicted octanol–water partition coefficient (Wildman–Crippen LogP) is 2.95. The van der Waals surface area contributed by atoms with E-state index in [1.165, 1.54) is 12.1 Å². The Kier molecular flexibility index (Phi) is 6.09. The van der Waals surface area contributed by atoms with Crippen molar-refractivity contribution in [3.8, 4) is 0 Å². The highest BCUT2D eigenvalue weighted by Gasteiger charge is 2.21. The molecule has 2 heterocycles. The van der Waals surface area contributed by atoms with Crippen molar-refractivity contribution in [3.63, 3.8) is 0 Å². The molecule has 1 aromatic carbocycles. The fraction of sp³-hybridized carbons (Fsp3) is 0.444. The van der Waals surface area contributed by atoms with Gasteiger partial charge >= 0.3 is 0 Å². The van der Waals surface area contributed by atoms with Crippen molar-refractivity contribution in [1.29, 1.82) is 0 Å². The standard InChI is InChI=1S/C18H22FN3O2S/c1-14-12-16(24-20-14)13-21-7-9-22(10-8-21)18(23)6-11-25-17-4-2-15(19)3-5-17/h2-5,12H,6-11,13H2,1H3. The van der Waals surface area contributed by atoms with Crippen LogP contribution in [0.5, 0.6) is 0 Å². The van der Waals surface area contributed by atoms with Gasteiger partial charge in [-0.05, 0) is 31.2 Å². The lowest BCUT2D eigenvalue weighted by molar-refractivity contribution is -0.132. The van der Waals surface area contributed by atoms with Crippen LogP contribution in [0.15, 0.2) is 39.8 Å². The van der Waals surface area contributed by atoms with Gasteiger partial charge in [-0.2, -0.15) is 0 Å². The summed E-state index contributed by atoms with van der Waals surface area (Å²) in [5.41, 5.74) is 0.891. The van der Waals surface area contributed by atoms with E-state index in [-0.39, 0.29) is 11.7 Å². The quantitative estimate of drug-likeness (QED) is 0.739. The molecular weight excluding hydrogens is 341 g/mol. The van der Waals surface area contributed by atoms with E-state index >= 15 is 0 Å². The molecule has 5 nitrogen and oxygen atoms in total. The number of carbonyl (C=O) groups excluding carboxylic acids is 1. The molecule has 0 atom stereocenters. The minimum Gasteiger partial charge on any atom is -0.360 e. The van der Waals surface area contributed by atoms with Crippen molar-refractivity contribution in [2.45, 2.75) is 24.8 Å². The van der Waals surface area contributed by atoms with Crippen molar-refractivity contribution in [3.05, 3.63) is 47.6 Å². The molecule has 0 bridgehead atoms. The van der Waals surface area contributed by atoms with Crippen molar-refractivity contribution >= 4 is 17.7 Å². The van der Waals surface area contributed by atoms with Crippen LogP contribution in [0.25, 0.3) is 0 Å². The predicted molar refractivity (Wildman–Crippen MR) is 94.8 cm³/mol. The number of benzene rings is 1. The van der Waals surface area contributed by atoms with Crippen LogP contribution in [0.4, 0.5) is 4.39 Å². The molecule has 0 saturated carbocycles. The third-order valence-electron chi connectivity index (χ3n) is 4.18. The molecule has 0 aliphatic carbocycles. The molecule has 25 heavy (non-hydrogen) atoms. The number of rotatable bonds is 6. The number of amides is 1. The number of piperazine rings is 1. The Bertz CT molecular complexity index is 697. The van der Waals surface area contributed by atoms with Crippen LogP contribution < -0.4 is 0 Å². The first-order valence-corrected chi connectivity index (χ1v) is 9.39. The third-order valence-corrected chi connectivity index (χ3v) is 5.19. The number of aryl methyl sites for hydroxylation is 1. The van der Waals surface area contributed by atoms with E-state index in [0.29, 0.717) is 12.2 Å². The average molecular weight is 363 g/mol. The summed E-state index contributed by atoms with van der Waals surface area (Å²) in [6.45, 7) is 5.82. The van der Waals surface area contributed by atoms with Crippen LogP contribution in [0, 0.1) is 12.7 Å². The SMILES string of the molecule is Cc1cc(CN2CCN(C(=O)CCSc3ccc(F)cc3)CC2)on1. The van der Waals surface area contributed by atoms with Gasteiger partial charge in [0.25, 0.3) is 0 Å². The van der Waals surface area contributed by atoms with Crippen LogP contribution in [0.2, 0.25) is 0 Å². The number of halogens is 1. The number of thioether (sulfide) groups is 1. The van der Waals surface area contributed by atoms with E-state index < -0.39 is 0 Å². The van der Waals surface area contributed by atoms with Gasteiger partial charge in [0.1, 0.15) is 5.82 Å². The Hall–Kier alpha value is -1.86. The molecule has 2 aromatic rings. The van der Waals surface area contributed by atoms with Crippen LogP contribution >= 0.6 is 11.8 Å². The molecule has 0 N–H and O–H groups in total. The van der Waals surface area contributed by atoms with Crippen molar-refractivity contribution < 1.29 is 13.7 Å². The second-order valence-electron chi connectivity index (χ2n) is 6.14. The summed E-state index contributed by atoms with van der Waals surface area (Å²) < 4.78 is 18.1. The van der Waals surface area contributed by atoms with Gasteiger partial charge in [-0.15, -0.1) is 11.8 Å². The smallest absolute Gasteiger partial charge is 0.223 e. The molecule has 1 aliphatic heterocycles. The minimum atomic E-state index is -0.237. The van der Waals surface area contributed by atoms with Gasteiger partial charge in [0.15, 0.2) is 5.76 Å². The van der Waals surface area contributed by atoms with Crippen LogP contribution in [-0.2, 0) is 11.3 Å². The van der Waals surface area contributed by atoms with E-state index in [2.05, 4.69) is 10.1 Å². The maximum atomic E-state index is 12.9. The molecular formula is C18H22FN3O2S. The normalized spacial score (nSPS) is 15.5. The van der Waals surface area contributed by atoms with E-state index in [9.17, 15) is 9.18 Å². The van der Waals surface area contributed by atoms with Crippen LogP contribution in [-0.4, -0.2) is 52.8 Å². The Morgan fingerprint density at radius 1 is 1.24 bits per heavy atom. The first kappa shape index (κ1) is 17.9. The largest absolute Gasteiger partial charge is 0.360 e. The molecule has 3 rings (SSSR count). The summed E-state index contributed by atoms with van der Waals surface area (Å²) in [4.78, 5) is 17.5. The Balaban J connectivity index is 1.37. The lowest BCUT2D eigenvalue weighted by Gasteiger charge is -2.34. The zero-order chi connectivity index (χ0) is 17.6. The number of hydrogen-bond acceptors (Lipinski definition) is 5. The zero-order valence-corrected chi connectivity index (χ0v) is 15.1. The molecule has 1 amide bonds. The second-order valence-corrected chi connectivity index (χ2v) is 7.31. The fourth-order valence-corrected chi connectivity index (χ4v) is 3.65. The van der Waals surface area contributed by atoms with E-state index in [4.69, 9.17) is 4.52 Å². The van der Waals surface area contributed by atoms with Gasteiger partial charge in [0.2, 0.25) is 5.91 Å². The van der Waals surface area contributed by atoms with Crippen molar-refractivity contribution in [2.75, 3.05) is 31.9 Å². The number of hydrogen-bond donors (Lipinski definition) is 0. The molecule has 0 unspecified atom stereocenters. The third kappa shape index (κ3) is 5.31. The minimum absolute atomic E-state index is 0.185. The van der Waals surface area contributed by atoms with Gasteiger partial charge in [0.05, 0.1) is 12.2 Å². The Morgan fingerprint density at radius 3 is 2.60 bits per heavy atom. The van der Waals surface area contributed by atoms with Crippen molar-refractivity contribution in [1.82, 2.24) is 15.0 Å². The van der Waals surface area contributed by atoms with Crippen LogP contribution in [0.3, 0.4) is 0 Å². The monoisotopic (exact) mass is 363 g/mol. The number of aromatic nitrogens is 1. The highest BCUT2D eigenvalue weighted by Crippen LogP contribution is 2.19.